The fraction of sp³-hybridized carbons (Fsp3) is 0.300. The van der Waals surface area contributed by atoms with Crippen LogP contribution in [0, 0.1) is 12.8 Å². The molecule has 1 saturated carbocycles. The second kappa shape index (κ2) is 16.4. The number of pyridine rings is 1. The zero-order valence-electron chi connectivity index (χ0n) is 27.2. The molecular weight excluding hydrogens is 538 g/mol. The number of hydrogen-bond acceptors (Lipinski definition) is 4. The first-order valence-corrected chi connectivity index (χ1v) is 15.9. The number of benzene rings is 3. The molecule has 1 aliphatic carbocycles. The van der Waals surface area contributed by atoms with Crippen molar-refractivity contribution in [3.05, 3.63) is 131 Å². The van der Waals surface area contributed by atoms with Crippen LogP contribution >= 0.6 is 0 Å². The third-order valence-corrected chi connectivity index (χ3v) is 7.77. The third-order valence-electron chi connectivity index (χ3n) is 7.77. The van der Waals surface area contributed by atoms with Gasteiger partial charge in [-0.1, -0.05) is 100.0 Å². The van der Waals surface area contributed by atoms with E-state index in [-0.39, 0.29) is 0 Å². The number of hydrogen-bond donors (Lipinski definition) is 1. The summed E-state index contributed by atoms with van der Waals surface area (Å²) >= 11 is 0. The first kappa shape index (κ1) is 32.5. The van der Waals surface area contributed by atoms with Crippen LogP contribution in [0.2, 0.25) is 0 Å². The van der Waals surface area contributed by atoms with E-state index in [0.717, 1.165) is 47.7 Å². The minimum Gasteiger partial charge on any atom is -0.457 e. The van der Waals surface area contributed by atoms with E-state index in [1.165, 1.54) is 34.4 Å². The van der Waals surface area contributed by atoms with E-state index in [2.05, 4.69) is 105 Å². The summed E-state index contributed by atoms with van der Waals surface area (Å²) in [6.45, 7) is 11.0. The van der Waals surface area contributed by atoms with Gasteiger partial charge in [0.25, 0.3) is 0 Å². The summed E-state index contributed by atoms with van der Waals surface area (Å²) in [5.74, 6) is 2.44. The van der Waals surface area contributed by atoms with Crippen LogP contribution in [-0.4, -0.2) is 18.2 Å². The average Bonchev–Trinajstić information content (AvgIpc) is 3.00. The first-order chi connectivity index (χ1) is 21.4. The second-order valence-electron chi connectivity index (χ2n) is 11.8. The molecule has 1 aromatic heterocycles. The van der Waals surface area contributed by atoms with Crippen molar-refractivity contribution in [2.24, 2.45) is 10.9 Å². The summed E-state index contributed by atoms with van der Waals surface area (Å²) in [6.07, 6.45) is 10.5. The van der Waals surface area contributed by atoms with Crippen molar-refractivity contribution in [3.63, 3.8) is 0 Å². The second-order valence-corrected chi connectivity index (χ2v) is 11.8. The largest absolute Gasteiger partial charge is 0.457 e. The molecule has 1 fully saturated rings. The number of aliphatic imine (C=N–C) groups is 1. The number of aromatic nitrogens is 1. The third kappa shape index (κ3) is 9.28. The van der Waals surface area contributed by atoms with Gasteiger partial charge >= 0.3 is 0 Å². The number of allylic oxidation sites excluding steroid dienone is 3. The van der Waals surface area contributed by atoms with Gasteiger partial charge in [0.05, 0.1) is 5.69 Å². The van der Waals surface area contributed by atoms with Crippen molar-refractivity contribution in [2.75, 3.05) is 12.4 Å². The van der Waals surface area contributed by atoms with Crippen molar-refractivity contribution < 1.29 is 4.74 Å². The SMILES string of the molecule is CCC(C)c1ccccc1C(Nc1cccc(Oc2ccnc(/C(C=NC)=C/C(C)C)c2)c1)=C1CCC1.Cc1ccccc1. The Hall–Kier alpha value is -4.44. The van der Waals surface area contributed by atoms with Gasteiger partial charge in [-0.05, 0) is 73.8 Å². The number of ether oxygens (including phenoxy) is 1. The Morgan fingerprint density at radius 2 is 1.64 bits per heavy atom. The topological polar surface area (TPSA) is 46.5 Å². The van der Waals surface area contributed by atoms with Crippen molar-refractivity contribution in [1.29, 1.82) is 0 Å². The lowest BCUT2D eigenvalue weighted by Gasteiger charge is -2.26. The molecule has 0 spiro atoms. The normalized spacial score (nSPS) is 13.6. The van der Waals surface area contributed by atoms with Crippen LogP contribution < -0.4 is 10.1 Å². The van der Waals surface area contributed by atoms with E-state index in [9.17, 15) is 0 Å². The highest BCUT2D eigenvalue weighted by atomic mass is 16.5. The van der Waals surface area contributed by atoms with E-state index in [1.54, 1.807) is 13.2 Å². The molecule has 1 aliphatic rings. The maximum absolute atomic E-state index is 6.29. The molecule has 0 radical (unpaired) electrons. The van der Waals surface area contributed by atoms with Gasteiger partial charge in [0.1, 0.15) is 11.5 Å². The molecule has 44 heavy (non-hydrogen) atoms. The number of aryl methyl sites for hydroxylation is 1. The molecule has 0 amide bonds. The number of nitrogens with zero attached hydrogens (tertiary/aromatic N) is 2. The van der Waals surface area contributed by atoms with E-state index in [1.807, 2.05) is 48.7 Å². The molecule has 0 saturated heterocycles. The molecular formula is C40H47N3O. The Labute approximate surface area is 264 Å². The fourth-order valence-corrected chi connectivity index (χ4v) is 5.10. The molecule has 0 aliphatic heterocycles. The number of nitrogens with one attached hydrogen (secondary N) is 1. The molecule has 1 N–H and O–H groups in total. The molecule has 4 aromatic rings. The molecule has 1 atom stereocenters. The van der Waals surface area contributed by atoms with Crippen molar-refractivity contribution >= 4 is 23.2 Å². The molecule has 1 heterocycles. The van der Waals surface area contributed by atoms with Crippen LogP contribution in [-0.2, 0) is 0 Å². The maximum Gasteiger partial charge on any atom is 0.131 e. The molecule has 5 rings (SSSR count). The summed E-state index contributed by atoms with van der Waals surface area (Å²) in [5.41, 5.74) is 9.68. The monoisotopic (exact) mass is 585 g/mol. The molecule has 3 aromatic carbocycles. The standard InChI is InChI=1S/C33H39N3O.C7H8/c1-6-24(4)30-15-7-8-16-31(30)33(25-11-9-12-25)36-27-13-10-14-28(20-27)37-29-17-18-35-32(21-29)26(22-34-5)19-23(2)3;1-7-5-3-2-4-6-7/h7-8,10,13-24,36H,6,9,11-12H2,1-5H3;2-6H,1H3/b26-19+,34-22?;. The van der Waals surface area contributed by atoms with Crippen LogP contribution in [0.15, 0.2) is 114 Å². The van der Waals surface area contributed by atoms with Crippen LogP contribution in [0.5, 0.6) is 11.5 Å². The Morgan fingerprint density at radius 1 is 0.909 bits per heavy atom. The zero-order valence-corrected chi connectivity index (χ0v) is 27.2. The highest BCUT2D eigenvalue weighted by molar-refractivity contribution is 6.09. The van der Waals surface area contributed by atoms with Gasteiger partial charge in [0, 0.05) is 54.1 Å². The average molecular weight is 586 g/mol. The fourth-order valence-electron chi connectivity index (χ4n) is 5.10. The van der Waals surface area contributed by atoms with E-state index < -0.39 is 0 Å². The smallest absolute Gasteiger partial charge is 0.131 e. The quantitative estimate of drug-likeness (QED) is 0.188. The summed E-state index contributed by atoms with van der Waals surface area (Å²) in [4.78, 5) is 8.75. The van der Waals surface area contributed by atoms with Crippen molar-refractivity contribution in [3.8, 4) is 11.5 Å². The van der Waals surface area contributed by atoms with Gasteiger partial charge < -0.3 is 10.1 Å². The summed E-state index contributed by atoms with van der Waals surface area (Å²) < 4.78 is 6.29. The van der Waals surface area contributed by atoms with Gasteiger partial charge in [-0.3, -0.25) is 9.98 Å². The highest BCUT2D eigenvalue weighted by Gasteiger charge is 2.20. The van der Waals surface area contributed by atoms with E-state index >= 15 is 0 Å². The predicted octanol–water partition coefficient (Wildman–Crippen LogP) is 11.1. The van der Waals surface area contributed by atoms with Crippen LogP contribution in [0.1, 0.15) is 81.7 Å². The van der Waals surface area contributed by atoms with Gasteiger partial charge in [0.2, 0.25) is 0 Å². The zero-order chi connectivity index (χ0) is 31.3. The molecule has 4 nitrogen and oxygen atoms in total. The lowest BCUT2D eigenvalue weighted by molar-refractivity contribution is 0.482. The lowest BCUT2D eigenvalue weighted by Crippen LogP contribution is -2.11. The Balaban J connectivity index is 0.000000555. The molecule has 228 valence electrons. The van der Waals surface area contributed by atoms with Crippen LogP contribution in [0.4, 0.5) is 5.69 Å². The lowest BCUT2D eigenvalue weighted by atomic mass is 9.84. The van der Waals surface area contributed by atoms with Crippen molar-refractivity contribution in [2.45, 2.75) is 66.2 Å². The van der Waals surface area contributed by atoms with Gasteiger partial charge in [0.15, 0.2) is 0 Å². The molecule has 1 unspecified atom stereocenters. The predicted molar refractivity (Wildman–Crippen MR) is 189 cm³/mol. The van der Waals surface area contributed by atoms with Gasteiger partial charge in [-0.2, -0.15) is 0 Å². The van der Waals surface area contributed by atoms with Gasteiger partial charge in [-0.25, -0.2) is 0 Å². The first-order valence-electron chi connectivity index (χ1n) is 15.9. The maximum atomic E-state index is 6.29. The minimum atomic E-state index is 0.395. The van der Waals surface area contributed by atoms with Crippen LogP contribution in [0.25, 0.3) is 11.3 Å². The van der Waals surface area contributed by atoms with Gasteiger partial charge in [-0.15, -0.1) is 0 Å². The highest BCUT2D eigenvalue weighted by Crippen LogP contribution is 2.38. The number of anilines is 1. The summed E-state index contributed by atoms with van der Waals surface area (Å²) in [7, 11) is 1.78. The summed E-state index contributed by atoms with van der Waals surface area (Å²) in [5, 5.41) is 3.77. The van der Waals surface area contributed by atoms with Crippen LogP contribution in [0.3, 0.4) is 0 Å². The van der Waals surface area contributed by atoms with E-state index in [0.29, 0.717) is 11.8 Å². The minimum absolute atomic E-state index is 0.395. The van der Waals surface area contributed by atoms with E-state index in [4.69, 9.17) is 4.74 Å². The number of rotatable bonds is 10. The Morgan fingerprint density at radius 3 is 2.27 bits per heavy atom. The Kier molecular flexibility index (Phi) is 12.1. The molecule has 4 heteroatoms. The van der Waals surface area contributed by atoms with Crippen molar-refractivity contribution in [1.82, 2.24) is 4.98 Å². The summed E-state index contributed by atoms with van der Waals surface area (Å²) in [6, 6.07) is 31.2. The Bertz CT molecular complexity index is 1580. The molecule has 0 bridgehead atoms.